The van der Waals surface area contributed by atoms with Gasteiger partial charge in [0.2, 0.25) is 5.91 Å². The highest BCUT2D eigenvalue weighted by Gasteiger charge is 2.40. The van der Waals surface area contributed by atoms with Gasteiger partial charge in [-0.3, -0.25) is 19.5 Å². The lowest BCUT2D eigenvalue weighted by molar-refractivity contribution is -0.132. The Morgan fingerprint density at radius 2 is 1.96 bits per heavy atom. The van der Waals surface area contributed by atoms with E-state index < -0.39 is 0 Å². The number of carbonyl (C=O) groups excluding carboxylic acids is 2. The molecule has 1 aromatic carbocycles. The lowest BCUT2D eigenvalue weighted by Gasteiger charge is -2.30. The van der Waals surface area contributed by atoms with Crippen molar-refractivity contribution in [2.45, 2.75) is 38.6 Å². The third-order valence-corrected chi connectivity index (χ3v) is 5.27. The number of benzene rings is 1. The fourth-order valence-corrected chi connectivity index (χ4v) is 3.96. The summed E-state index contributed by atoms with van der Waals surface area (Å²) >= 11 is 0. The number of nitrogens with zero attached hydrogens (tertiary/aromatic N) is 3. The SMILES string of the molecule is Cc1cccc(N2C(=O)c3cccnc3[C@H]2CC(=O)N2CCCCC2)c1. The summed E-state index contributed by atoms with van der Waals surface area (Å²) in [5.74, 6) is 0.0359. The summed E-state index contributed by atoms with van der Waals surface area (Å²) < 4.78 is 0. The molecule has 1 fully saturated rings. The second-order valence-corrected chi connectivity index (χ2v) is 7.11. The number of aromatic nitrogens is 1. The molecule has 0 unspecified atom stereocenters. The third kappa shape index (κ3) is 2.98. The molecule has 5 nitrogen and oxygen atoms in total. The van der Waals surface area contributed by atoms with Gasteiger partial charge < -0.3 is 4.90 Å². The predicted octanol–water partition coefficient (Wildman–Crippen LogP) is 3.49. The van der Waals surface area contributed by atoms with Gasteiger partial charge in [-0.05, 0) is 56.0 Å². The first-order chi connectivity index (χ1) is 12.6. The Labute approximate surface area is 153 Å². The van der Waals surface area contributed by atoms with Gasteiger partial charge in [0.25, 0.3) is 5.91 Å². The van der Waals surface area contributed by atoms with Crippen molar-refractivity contribution in [2.24, 2.45) is 0 Å². The Hall–Kier alpha value is -2.69. The van der Waals surface area contributed by atoms with Crippen LogP contribution >= 0.6 is 0 Å². The van der Waals surface area contributed by atoms with Gasteiger partial charge in [-0.15, -0.1) is 0 Å². The maximum Gasteiger partial charge on any atom is 0.260 e. The van der Waals surface area contributed by atoms with Gasteiger partial charge in [0, 0.05) is 25.0 Å². The monoisotopic (exact) mass is 349 g/mol. The first-order valence-corrected chi connectivity index (χ1v) is 9.28. The lowest BCUT2D eigenvalue weighted by Crippen LogP contribution is -2.38. The van der Waals surface area contributed by atoms with Crippen LogP contribution in [-0.2, 0) is 4.79 Å². The molecule has 26 heavy (non-hydrogen) atoms. The molecule has 3 heterocycles. The molecule has 134 valence electrons. The summed E-state index contributed by atoms with van der Waals surface area (Å²) in [5.41, 5.74) is 3.22. The van der Waals surface area contributed by atoms with E-state index in [0.29, 0.717) is 11.3 Å². The van der Waals surface area contributed by atoms with E-state index in [1.165, 1.54) is 6.42 Å². The molecule has 0 radical (unpaired) electrons. The van der Waals surface area contributed by atoms with Crippen LogP contribution in [0.2, 0.25) is 0 Å². The number of likely N-dealkylation sites (tertiary alicyclic amines) is 1. The minimum atomic E-state index is -0.338. The van der Waals surface area contributed by atoms with Crippen molar-refractivity contribution in [3.63, 3.8) is 0 Å². The number of anilines is 1. The molecule has 0 aliphatic carbocycles. The third-order valence-electron chi connectivity index (χ3n) is 5.27. The van der Waals surface area contributed by atoms with Crippen molar-refractivity contribution >= 4 is 17.5 Å². The second kappa shape index (κ2) is 6.90. The van der Waals surface area contributed by atoms with Crippen molar-refractivity contribution in [2.75, 3.05) is 18.0 Å². The Kier molecular flexibility index (Phi) is 4.45. The molecule has 1 atom stereocenters. The van der Waals surface area contributed by atoms with E-state index in [9.17, 15) is 9.59 Å². The number of rotatable bonds is 3. The average Bonchev–Trinajstić information content (AvgIpc) is 2.95. The quantitative estimate of drug-likeness (QED) is 0.852. The van der Waals surface area contributed by atoms with E-state index in [1.807, 2.05) is 36.1 Å². The molecule has 0 spiro atoms. The smallest absolute Gasteiger partial charge is 0.260 e. The molecule has 0 saturated carbocycles. The van der Waals surface area contributed by atoms with E-state index >= 15 is 0 Å². The van der Waals surface area contributed by atoms with Gasteiger partial charge in [0.05, 0.1) is 23.7 Å². The minimum Gasteiger partial charge on any atom is -0.343 e. The Morgan fingerprint density at radius 3 is 2.73 bits per heavy atom. The van der Waals surface area contributed by atoms with E-state index in [2.05, 4.69) is 4.98 Å². The van der Waals surface area contributed by atoms with E-state index in [0.717, 1.165) is 37.2 Å². The van der Waals surface area contributed by atoms with Crippen LogP contribution in [0.1, 0.15) is 53.3 Å². The molecule has 2 aliphatic heterocycles. The second-order valence-electron chi connectivity index (χ2n) is 7.11. The van der Waals surface area contributed by atoms with Crippen molar-refractivity contribution in [3.8, 4) is 0 Å². The normalized spacial score (nSPS) is 19.6. The van der Waals surface area contributed by atoms with Crippen LogP contribution in [0.4, 0.5) is 5.69 Å². The molecule has 0 N–H and O–H groups in total. The maximum absolute atomic E-state index is 13.0. The summed E-state index contributed by atoms with van der Waals surface area (Å²) in [6.45, 7) is 3.64. The molecule has 5 heteroatoms. The van der Waals surface area contributed by atoms with Gasteiger partial charge in [0.15, 0.2) is 0 Å². The molecule has 1 saturated heterocycles. The van der Waals surface area contributed by atoms with Crippen LogP contribution in [-0.4, -0.2) is 34.8 Å². The highest BCUT2D eigenvalue weighted by molar-refractivity contribution is 6.11. The van der Waals surface area contributed by atoms with E-state index in [4.69, 9.17) is 0 Å². The zero-order valence-electron chi connectivity index (χ0n) is 15.0. The standard InChI is InChI=1S/C21H23N3O2/c1-15-7-5-8-16(13-15)24-18(14-19(25)23-11-3-2-4-12-23)20-17(21(24)26)9-6-10-22-20/h5-10,13,18H,2-4,11-12,14H2,1H3/t18-/m1/s1. The molecule has 2 aromatic rings. The van der Waals surface area contributed by atoms with Crippen LogP contribution in [0.15, 0.2) is 42.6 Å². The fourth-order valence-electron chi connectivity index (χ4n) is 3.96. The van der Waals surface area contributed by atoms with Crippen LogP contribution in [0.3, 0.4) is 0 Å². The molecule has 2 aliphatic rings. The Bertz CT molecular complexity index is 843. The number of fused-ring (bicyclic) bond motifs is 1. The molecule has 1 aromatic heterocycles. The van der Waals surface area contributed by atoms with E-state index in [1.54, 1.807) is 23.2 Å². The molecule has 4 rings (SSSR count). The summed E-state index contributed by atoms with van der Waals surface area (Å²) in [5, 5.41) is 0. The van der Waals surface area contributed by atoms with Crippen LogP contribution < -0.4 is 4.90 Å². The number of amides is 2. The molecule has 0 bridgehead atoms. The number of aryl methyl sites for hydroxylation is 1. The van der Waals surface area contributed by atoms with Gasteiger partial charge >= 0.3 is 0 Å². The van der Waals surface area contributed by atoms with Crippen molar-refractivity contribution < 1.29 is 9.59 Å². The minimum absolute atomic E-state index is 0.0739. The van der Waals surface area contributed by atoms with Crippen molar-refractivity contribution in [1.29, 1.82) is 0 Å². The summed E-state index contributed by atoms with van der Waals surface area (Å²) in [7, 11) is 0. The Morgan fingerprint density at radius 1 is 1.15 bits per heavy atom. The molecule has 2 amide bonds. The lowest BCUT2D eigenvalue weighted by atomic mass is 10.1. The van der Waals surface area contributed by atoms with Crippen LogP contribution in [0.25, 0.3) is 0 Å². The molecular weight excluding hydrogens is 326 g/mol. The number of hydrogen-bond donors (Lipinski definition) is 0. The van der Waals surface area contributed by atoms with Crippen LogP contribution in [0.5, 0.6) is 0 Å². The summed E-state index contributed by atoms with van der Waals surface area (Å²) in [4.78, 5) is 34.0. The first kappa shape index (κ1) is 16.8. The maximum atomic E-state index is 13.0. The van der Waals surface area contributed by atoms with Crippen molar-refractivity contribution in [1.82, 2.24) is 9.88 Å². The first-order valence-electron chi connectivity index (χ1n) is 9.28. The topological polar surface area (TPSA) is 53.5 Å². The summed E-state index contributed by atoms with van der Waals surface area (Å²) in [6.07, 6.45) is 5.29. The highest BCUT2D eigenvalue weighted by atomic mass is 16.2. The van der Waals surface area contributed by atoms with Crippen molar-refractivity contribution in [3.05, 3.63) is 59.4 Å². The Balaban J connectivity index is 1.68. The van der Waals surface area contributed by atoms with Gasteiger partial charge in [-0.2, -0.15) is 0 Å². The number of pyridine rings is 1. The predicted molar refractivity (Wildman–Crippen MR) is 100 cm³/mol. The zero-order valence-corrected chi connectivity index (χ0v) is 15.0. The average molecular weight is 349 g/mol. The van der Waals surface area contributed by atoms with E-state index in [-0.39, 0.29) is 24.3 Å². The molecular formula is C21H23N3O2. The van der Waals surface area contributed by atoms with Crippen LogP contribution in [0, 0.1) is 6.92 Å². The highest BCUT2D eigenvalue weighted by Crippen LogP contribution is 2.38. The number of hydrogen-bond acceptors (Lipinski definition) is 3. The largest absolute Gasteiger partial charge is 0.343 e. The number of carbonyl (C=O) groups is 2. The summed E-state index contributed by atoms with van der Waals surface area (Å²) in [6, 6.07) is 11.1. The van der Waals surface area contributed by atoms with Gasteiger partial charge in [-0.25, -0.2) is 0 Å². The fraction of sp³-hybridized carbons (Fsp3) is 0.381. The number of piperidine rings is 1. The van der Waals surface area contributed by atoms with Gasteiger partial charge in [-0.1, -0.05) is 12.1 Å². The van der Waals surface area contributed by atoms with Gasteiger partial charge in [0.1, 0.15) is 0 Å². The zero-order chi connectivity index (χ0) is 18.1.